The van der Waals surface area contributed by atoms with Gasteiger partial charge in [-0.05, 0) is 17.5 Å². The van der Waals surface area contributed by atoms with E-state index in [1.165, 1.54) is 6.07 Å². The summed E-state index contributed by atoms with van der Waals surface area (Å²) in [6, 6.07) is 4.75. The zero-order chi connectivity index (χ0) is 12.3. The largest absolute Gasteiger partial charge is 0.497 e. The molecule has 16 heavy (non-hydrogen) atoms. The van der Waals surface area contributed by atoms with E-state index in [0.717, 1.165) is 0 Å². The zero-order valence-corrected chi connectivity index (χ0v) is 9.98. The first-order valence-electron chi connectivity index (χ1n) is 5.02. The monoisotopic (exact) mass is 222 g/mol. The minimum atomic E-state index is -0.378. The van der Waals surface area contributed by atoms with Crippen molar-refractivity contribution in [3.05, 3.63) is 40.3 Å². The van der Waals surface area contributed by atoms with Crippen LogP contribution in [0.1, 0.15) is 26.3 Å². The molecule has 0 atom stereocenters. The standard InChI is InChI=1S/C12H16NO3/c1-12(2,3)8-9-7-10(16-4)5-6-11(9)13(14)15/h5-8H,1-4H3. The van der Waals surface area contributed by atoms with Crippen LogP contribution in [0.5, 0.6) is 5.75 Å². The second kappa shape index (κ2) is 4.51. The molecule has 0 unspecified atom stereocenters. The van der Waals surface area contributed by atoms with Crippen molar-refractivity contribution in [1.82, 2.24) is 0 Å². The fourth-order valence-corrected chi connectivity index (χ4v) is 1.41. The fraction of sp³-hybridized carbons (Fsp3) is 0.417. The molecule has 1 radical (unpaired) electrons. The molecule has 4 nitrogen and oxygen atoms in total. The highest BCUT2D eigenvalue weighted by molar-refractivity contribution is 5.49. The summed E-state index contributed by atoms with van der Waals surface area (Å²) >= 11 is 0. The summed E-state index contributed by atoms with van der Waals surface area (Å²) in [6.45, 7) is 5.99. The van der Waals surface area contributed by atoms with Crippen molar-refractivity contribution in [3.8, 4) is 5.75 Å². The molecule has 0 aliphatic carbocycles. The maximum atomic E-state index is 10.9. The van der Waals surface area contributed by atoms with Crippen LogP contribution in [0.15, 0.2) is 18.2 Å². The fourth-order valence-electron chi connectivity index (χ4n) is 1.41. The lowest BCUT2D eigenvalue weighted by atomic mass is 9.87. The van der Waals surface area contributed by atoms with Gasteiger partial charge in [0.1, 0.15) is 5.75 Å². The van der Waals surface area contributed by atoms with Crippen molar-refractivity contribution < 1.29 is 9.66 Å². The van der Waals surface area contributed by atoms with Gasteiger partial charge in [0.05, 0.1) is 12.0 Å². The van der Waals surface area contributed by atoms with E-state index in [-0.39, 0.29) is 16.0 Å². The summed E-state index contributed by atoms with van der Waals surface area (Å²) in [5.41, 5.74) is 0.587. The summed E-state index contributed by atoms with van der Waals surface area (Å²) in [5.74, 6) is 0.626. The third kappa shape index (κ3) is 3.22. The van der Waals surface area contributed by atoms with Crippen LogP contribution in [-0.2, 0) is 0 Å². The van der Waals surface area contributed by atoms with E-state index in [9.17, 15) is 10.1 Å². The molecule has 87 valence electrons. The van der Waals surface area contributed by atoms with E-state index >= 15 is 0 Å². The lowest BCUT2D eigenvalue weighted by Gasteiger charge is -2.17. The van der Waals surface area contributed by atoms with Gasteiger partial charge in [0.15, 0.2) is 0 Å². The number of benzene rings is 1. The van der Waals surface area contributed by atoms with Gasteiger partial charge in [-0.15, -0.1) is 0 Å². The van der Waals surface area contributed by atoms with Crippen molar-refractivity contribution in [2.24, 2.45) is 5.41 Å². The Hall–Kier alpha value is -1.58. The van der Waals surface area contributed by atoms with E-state index in [0.29, 0.717) is 11.3 Å². The van der Waals surface area contributed by atoms with Crippen LogP contribution in [0.3, 0.4) is 0 Å². The maximum Gasteiger partial charge on any atom is 0.273 e. The third-order valence-corrected chi connectivity index (χ3v) is 2.02. The van der Waals surface area contributed by atoms with Crippen LogP contribution in [0.25, 0.3) is 0 Å². The predicted octanol–water partition coefficient (Wildman–Crippen LogP) is 3.20. The van der Waals surface area contributed by atoms with E-state index in [2.05, 4.69) is 0 Å². The molecule has 0 aliphatic heterocycles. The summed E-state index contributed by atoms with van der Waals surface area (Å²) in [7, 11) is 1.54. The van der Waals surface area contributed by atoms with Gasteiger partial charge in [-0.25, -0.2) is 0 Å². The average molecular weight is 222 g/mol. The van der Waals surface area contributed by atoms with Gasteiger partial charge >= 0.3 is 0 Å². The van der Waals surface area contributed by atoms with Crippen molar-refractivity contribution in [2.75, 3.05) is 7.11 Å². The molecular weight excluding hydrogens is 206 g/mol. The second-order valence-corrected chi connectivity index (χ2v) is 4.69. The number of rotatable bonds is 3. The van der Waals surface area contributed by atoms with E-state index in [1.54, 1.807) is 19.2 Å². The number of hydrogen-bond donors (Lipinski definition) is 0. The Kier molecular flexibility index (Phi) is 3.52. The zero-order valence-electron chi connectivity index (χ0n) is 9.98. The topological polar surface area (TPSA) is 52.4 Å². The van der Waals surface area contributed by atoms with E-state index < -0.39 is 0 Å². The average Bonchev–Trinajstić information content (AvgIpc) is 2.14. The molecule has 1 aromatic rings. The highest BCUT2D eigenvalue weighted by Crippen LogP contribution is 2.31. The SMILES string of the molecule is COc1ccc([N+](=O)[O-])c([CH]C(C)(C)C)c1. The van der Waals surface area contributed by atoms with Gasteiger partial charge in [-0.1, -0.05) is 20.8 Å². The molecule has 4 heteroatoms. The Bertz CT molecular complexity index is 394. The van der Waals surface area contributed by atoms with E-state index in [1.807, 2.05) is 27.2 Å². The predicted molar refractivity (Wildman–Crippen MR) is 62.5 cm³/mol. The molecule has 0 spiro atoms. The molecule has 0 N–H and O–H groups in total. The van der Waals surface area contributed by atoms with Crippen LogP contribution in [0, 0.1) is 22.0 Å². The lowest BCUT2D eigenvalue weighted by Crippen LogP contribution is -2.08. The molecule has 0 saturated heterocycles. The molecule has 0 aromatic heterocycles. The van der Waals surface area contributed by atoms with Gasteiger partial charge < -0.3 is 4.74 Å². The number of methoxy groups -OCH3 is 1. The Morgan fingerprint density at radius 1 is 1.38 bits per heavy atom. The van der Waals surface area contributed by atoms with Crippen molar-refractivity contribution in [3.63, 3.8) is 0 Å². The van der Waals surface area contributed by atoms with E-state index in [4.69, 9.17) is 4.74 Å². The first-order chi connectivity index (χ1) is 7.33. The normalized spacial score (nSPS) is 11.2. The number of hydrogen-bond acceptors (Lipinski definition) is 3. The van der Waals surface area contributed by atoms with Crippen LogP contribution in [0.2, 0.25) is 0 Å². The molecule has 0 aliphatic rings. The number of ether oxygens (including phenoxy) is 1. The van der Waals surface area contributed by atoms with Gasteiger partial charge in [0.25, 0.3) is 5.69 Å². The van der Waals surface area contributed by atoms with Gasteiger partial charge in [0, 0.05) is 18.1 Å². The van der Waals surface area contributed by atoms with Crippen LogP contribution < -0.4 is 4.74 Å². The summed E-state index contributed by atoms with van der Waals surface area (Å²) < 4.78 is 5.06. The summed E-state index contributed by atoms with van der Waals surface area (Å²) in [4.78, 5) is 10.5. The maximum absolute atomic E-state index is 10.9. The molecule has 0 amide bonds. The number of nitro benzene ring substituents is 1. The molecule has 0 saturated carbocycles. The molecular formula is C12H16NO3. The smallest absolute Gasteiger partial charge is 0.273 e. The summed E-state index contributed by atoms with van der Waals surface area (Å²) in [6.07, 6.45) is 1.87. The Balaban J connectivity index is 3.15. The molecule has 0 fully saturated rings. The van der Waals surface area contributed by atoms with Gasteiger partial charge in [-0.2, -0.15) is 0 Å². The van der Waals surface area contributed by atoms with Crippen LogP contribution in [-0.4, -0.2) is 12.0 Å². The minimum Gasteiger partial charge on any atom is -0.497 e. The minimum absolute atomic E-state index is 0.107. The first kappa shape index (κ1) is 12.5. The summed E-state index contributed by atoms with van der Waals surface area (Å²) in [5, 5.41) is 10.9. The molecule has 0 bridgehead atoms. The number of nitro groups is 1. The lowest BCUT2D eigenvalue weighted by molar-refractivity contribution is -0.385. The van der Waals surface area contributed by atoms with Crippen LogP contribution in [0.4, 0.5) is 5.69 Å². The second-order valence-electron chi connectivity index (χ2n) is 4.69. The van der Waals surface area contributed by atoms with Crippen LogP contribution >= 0.6 is 0 Å². The van der Waals surface area contributed by atoms with Gasteiger partial charge in [-0.3, -0.25) is 10.1 Å². The first-order valence-corrected chi connectivity index (χ1v) is 5.02. The van der Waals surface area contributed by atoms with Crippen molar-refractivity contribution >= 4 is 5.69 Å². The third-order valence-electron chi connectivity index (χ3n) is 2.02. The number of nitrogens with zero attached hydrogens (tertiary/aromatic N) is 1. The Labute approximate surface area is 95.4 Å². The molecule has 1 rings (SSSR count). The van der Waals surface area contributed by atoms with Crippen molar-refractivity contribution in [2.45, 2.75) is 20.8 Å². The van der Waals surface area contributed by atoms with Crippen molar-refractivity contribution in [1.29, 1.82) is 0 Å². The quantitative estimate of drug-likeness (QED) is 0.583. The highest BCUT2D eigenvalue weighted by atomic mass is 16.6. The molecule has 0 heterocycles. The Morgan fingerprint density at radius 2 is 2.00 bits per heavy atom. The van der Waals surface area contributed by atoms with Gasteiger partial charge in [0.2, 0.25) is 0 Å². The molecule has 1 aromatic carbocycles. The highest BCUT2D eigenvalue weighted by Gasteiger charge is 2.20. The Morgan fingerprint density at radius 3 is 2.44 bits per heavy atom.